The summed E-state index contributed by atoms with van der Waals surface area (Å²) in [5, 5.41) is 0. The molecule has 0 N–H and O–H groups in total. The van der Waals surface area contributed by atoms with Gasteiger partial charge in [0.05, 0.1) is 0 Å². The fourth-order valence-electron chi connectivity index (χ4n) is 0.553. The number of halogens is 2. The predicted octanol–water partition coefficient (Wildman–Crippen LogP) is -4.99. The normalized spacial score (nSPS) is 8.31. The van der Waals surface area contributed by atoms with Gasteiger partial charge in [-0.2, -0.15) is 0 Å². The molecule has 0 aliphatic heterocycles. The molecule has 0 bridgehead atoms. The minimum atomic E-state index is -0.472. The molecule has 0 aromatic carbocycles. The van der Waals surface area contributed by atoms with Crippen LogP contribution < -0.4 is 24.8 Å². The van der Waals surface area contributed by atoms with Crippen molar-refractivity contribution >= 4 is 37.7 Å². The van der Waals surface area contributed by atoms with E-state index in [1.54, 1.807) is 0 Å². The van der Waals surface area contributed by atoms with Crippen molar-refractivity contribution in [3.05, 3.63) is 0 Å². The molecule has 0 rings (SSSR count). The van der Waals surface area contributed by atoms with Crippen molar-refractivity contribution in [2.45, 2.75) is 27.2 Å². The van der Waals surface area contributed by atoms with Crippen molar-refractivity contribution < 1.29 is 39.0 Å². The van der Waals surface area contributed by atoms with Gasteiger partial charge >= 0.3 is 37.7 Å². The molecule has 13 heavy (non-hydrogen) atoms. The third-order valence-corrected chi connectivity index (χ3v) is 0.908. The average molecular weight is 259 g/mol. The zero-order valence-corrected chi connectivity index (χ0v) is 12.1. The summed E-state index contributed by atoms with van der Waals surface area (Å²) >= 11 is 0. The topological polar surface area (TPSA) is 27.7 Å². The second kappa shape index (κ2) is 19.3. The SMILES string of the molecule is CCOC(OCC)OCC.[Ca+2].[Cl-].[Cl-]. The molecule has 0 atom stereocenters. The van der Waals surface area contributed by atoms with Crippen LogP contribution in [0.1, 0.15) is 20.8 Å². The van der Waals surface area contributed by atoms with E-state index >= 15 is 0 Å². The molecule has 0 unspecified atom stereocenters. The number of hydrogen-bond donors (Lipinski definition) is 0. The van der Waals surface area contributed by atoms with Crippen LogP contribution in [0.5, 0.6) is 0 Å². The summed E-state index contributed by atoms with van der Waals surface area (Å²) in [5.41, 5.74) is 0. The summed E-state index contributed by atoms with van der Waals surface area (Å²) in [6.45, 7) is 7.10. The van der Waals surface area contributed by atoms with Crippen molar-refractivity contribution in [2.24, 2.45) is 0 Å². The summed E-state index contributed by atoms with van der Waals surface area (Å²) in [4.78, 5) is 0. The van der Waals surface area contributed by atoms with Gasteiger partial charge in [0.1, 0.15) is 0 Å². The van der Waals surface area contributed by atoms with E-state index in [0.29, 0.717) is 19.8 Å². The Hall–Kier alpha value is 1.72. The maximum atomic E-state index is 5.08. The smallest absolute Gasteiger partial charge is 1.00 e. The quantitative estimate of drug-likeness (QED) is 0.353. The molecule has 0 spiro atoms. The standard InChI is InChI=1S/C7H16O3.Ca.2ClH/c1-4-8-7(9-5-2)10-6-3;;;/h7H,4-6H2,1-3H3;;2*1H/q;+2;;/p-2. The molecule has 0 heterocycles. The molecule has 0 saturated heterocycles. The largest absolute Gasteiger partial charge is 2.00 e. The first kappa shape index (κ1) is 24.1. The molecule has 0 aromatic rings. The third-order valence-electron chi connectivity index (χ3n) is 0.908. The van der Waals surface area contributed by atoms with Crippen molar-refractivity contribution in [3.63, 3.8) is 0 Å². The van der Waals surface area contributed by atoms with Gasteiger partial charge in [0.15, 0.2) is 0 Å². The molecule has 78 valence electrons. The Morgan fingerprint density at radius 3 is 1.15 bits per heavy atom. The minimum Gasteiger partial charge on any atom is -1.00 e. The second-order valence-corrected chi connectivity index (χ2v) is 1.65. The van der Waals surface area contributed by atoms with Crippen LogP contribution in [0.2, 0.25) is 0 Å². The molecule has 6 heteroatoms. The van der Waals surface area contributed by atoms with Crippen LogP contribution in [0.3, 0.4) is 0 Å². The average Bonchev–Trinajstić information content (AvgIpc) is 1.90. The molecular formula is C7H16CaCl2O3. The fourth-order valence-corrected chi connectivity index (χ4v) is 0.553. The van der Waals surface area contributed by atoms with E-state index in [-0.39, 0.29) is 62.6 Å². The van der Waals surface area contributed by atoms with Crippen molar-refractivity contribution in [2.75, 3.05) is 19.8 Å². The van der Waals surface area contributed by atoms with Crippen LogP contribution in [-0.2, 0) is 14.2 Å². The summed E-state index contributed by atoms with van der Waals surface area (Å²) in [6.07, 6.45) is 0. The monoisotopic (exact) mass is 258 g/mol. The third kappa shape index (κ3) is 16.4. The molecule has 0 saturated carbocycles. The molecular weight excluding hydrogens is 243 g/mol. The summed E-state index contributed by atoms with van der Waals surface area (Å²) in [5.74, 6) is 0. The van der Waals surface area contributed by atoms with Crippen molar-refractivity contribution in [1.29, 1.82) is 0 Å². The first-order valence-corrected chi connectivity index (χ1v) is 3.69. The molecule has 3 nitrogen and oxygen atoms in total. The van der Waals surface area contributed by atoms with Crippen LogP contribution in [0, 0.1) is 0 Å². The van der Waals surface area contributed by atoms with E-state index < -0.39 is 6.48 Å². The van der Waals surface area contributed by atoms with Crippen molar-refractivity contribution in [1.82, 2.24) is 0 Å². The molecule has 0 aliphatic carbocycles. The Balaban J connectivity index is -0.000000135. The second-order valence-electron chi connectivity index (χ2n) is 1.65. The van der Waals surface area contributed by atoms with Crippen LogP contribution in [-0.4, -0.2) is 64.0 Å². The van der Waals surface area contributed by atoms with E-state index in [1.807, 2.05) is 20.8 Å². The Labute approximate surface area is 123 Å². The van der Waals surface area contributed by atoms with Crippen LogP contribution >= 0.6 is 0 Å². The van der Waals surface area contributed by atoms with Crippen LogP contribution in [0.25, 0.3) is 0 Å². The van der Waals surface area contributed by atoms with Gasteiger partial charge in [-0.25, -0.2) is 0 Å². The molecule has 0 aliphatic rings. The van der Waals surface area contributed by atoms with E-state index in [9.17, 15) is 0 Å². The fraction of sp³-hybridized carbons (Fsp3) is 1.00. The zero-order chi connectivity index (χ0) is 7.82. The van der Waals surface area contributed by atoms with Gasteiger partial charge < -0.3 is 39.0 Å². The van der Waals surface area contributed by atoms with E-state index in [2.05, 4.69) is 0 Å². The first-order chi connectivity index (χ1) is 4.85. The number of rotatable bonds is 6. The van der Waals surface area contributed by atoms with Gasteiger partial charge in [-0.1, -0.05) is 0 Å². The van der Waals surface area contributed by atoms with Gasteiger partial charge in [0.2, 0.25) is 0 Å². The van der Waals surface area contributed by atoms with E-state index in [4.69, 9.17) is 14.2 Å². The zero-order valence-electron chi connectivity index (χ0n) is 8.39. The number of hydrogen-bond acceptors (Lipinski definition) is 3. The molecule has 0 fully saturated rings. The molecule has 0 radical (unpaired) electrons. The van der Waals surface area contributed by atoms with Gasteiger partial charge in [-0.3, -0.25) is 0 Å². The molecule has 0 aromatic heterocycles. The summed E-state index contributed by atoms with van der Waals surface area (Å²) < 4.78 is 15.2. The van der Waals surface area contributed by atoms with E-state index in [0.717, 1.165) is 0 Å². The Morgan fingerprint density at radius 1 is 0.769 bits per heavy atom. The Bertz CT molecular complexity index is 64.5. The Morgan fingerprint density at radius 2 is 1.00 bits per heavy atom. The minimum absolute atomic E-state index is 0. The van der Waals surface area contributed by atoms with Crippen LogP contribution in [0.15, 0.2) is 0 Å². The van der Waals surface area contributed by atoms with Gasteiger partial charge in [0.25, 0.3) is 6.48 Å². The summed E-state index contributed by atoms with van der Waals surface area (Å²) in [7, 11) is 0. The summed E-state index contributed by atoms with van der Waals surface area (Å²) in [6, 6.07) is 0. The Kier molecular flexibility index (Phi) is 35.8. The van der Waals surface area contributed by atoms with Gasteiger partial charge in [-0.15, -0.1) is 0 Å². The van der Waals surface area contributed by atoms with Crippen molar-refractivity contribution in [3.8, 4) is 0 Å². The predicted molar refractivity (Wildman–Crippen MR) is 44.4 cm³/mol. The number of ether oxygens (including phenoxy) is 3. The maximum Gasteiger partial charge on any atom is 2.00 e. The first-order valence-electron chi connectivity index (χ1n) is 3.69. The van der Waals surface area contributed by atoms with Gasteiger partial charge in [0, 0.05) is 19.8 Å². The van der Waals surface area contributed by atoms with E-state index in [1.165, 1.54) is 0 Å². The maximum absolute atomic E-state index is 5.08. The van der Waals surface area contributed by atoms with Crippen LogP contribution in [0.4, 0.5) is 0 Å². The molecule has 0 amide bonds. The van der Waals surface area contributed by atoms with Gasteiger partial charge in [-0.05, 0) is 20.8 Å².